The highest BCUT2D eigenvalue weighted by molar-refractivity contribution is 6.57. The lowest BCUT2D eigenvalue weighted by molar-refractivity contribution is -0.140. The third kappa shape index (κ3) is 4.22. The number of amides is 1. The molecule has 188 valence electrons. The summed E-state index contributed by atoms with van der Waals surface area (Å²) < 4.78 is 5.58. The number of H-pyrrole nitrogens is 1. The van der Waals surface area contributed by atoms with Gasteiger partial charge in [0.1, 0.15) is 17.6 Å². The van der Waals surface area contributed by atoms with Gasteiger partial charge >= 0.3 is 12.1 Å². The van der Waals surface area contributed by atoms with Crippen molar-refractivity contribution in [1.29, 1.82) is 0 Å². The van der Waals surface area contributed by atoms with Crippen molar-refractivity contribution in [3.8, 4) is 11.1 Å². The van der Waals surface area contributed by atoms with E-state index >= 15 is 0 Å². The van der Waals surface area contributed by atoms with Gasteiger partial charge in [-0.05, 0) is 48.1 Å². The average Bonchev–Trinajstić information content (AvgIpc) is 3.52. The molecule has 1 aromatic heterocycles. The molecule has 0 spiro atoms. The second kappa shape index (κ2) is 9.27. The van der Waals surface area contributed by atoms with Crippen LogP contribution >= 0.6 is 0 Å². The molecule has 1 aliphatic carbocycles. The Balaban J connectivity index is 1.23. The number of carboxylic acid groups (broad SMARTS) is 1. The Morgan fingerprint density at radius 3 is 2.18 bits per heavy atom. The maximum absolute atomic E-state index is 12.8. The lowest BCUT2D eigenvalue weighted by Crippen LogP contribution is -2.19. The van der Waals surface area contributed by atoms with E-state index in [1.54, 1.807) is 6.20 Å². The molecule has 1 unspecified atom stereocenters. The third-order valence-corrected chi connectivity index (χ3v) is 7.27. The standard InChI is InChI=1S/C31H25N3O4/c1-19(20-5-3-2-4-6-20)38-30(37)34-27-25-15-18-32-28(25)33-26(27)23-9-7-21(8-10-23)22-11-13-24(14-12-22)31(16-17-31)29(35)36/h2-15,18-19,32H,16-17H2,1H3,(H,35,36). The summed E-state index contributed by atoms with van der Waals surface area (Å²) in [7, 11) is 0. The number of ether oxygens (including phenoxy) is 1. The van der Waals surface area contributed by atoms with Gasteiger partial charge in [-0.1, -0.05) is 78.9 Å². The Hall–Kier alpha value is -4.78. The second-order valence-corrected chi connectivity index (χ2v) is 9.64. The van der Waals surface area contributed by atoms with E-state index in [0.717, 1.165) is 33.4 Å². The summed E-state index contributed by atoms with van der Waals surface area (Å²) in [5.41, 5.74) is 5.64. The maximum atomic E-state index is 12.8. The van der Waals surface area contributed by atoms with Crippen LogP contribution in [0.25, 0.3) is 11.1 Å². The molecule has 0 bridgehead atoms. The summed E-state index contributed by atoms with van der Waals surface area (Å²) in [5.74, 6) is -0.109. The third-order valence-electron chi connectivity index (χ3n) is 7.27. The number of aromatic nitrogens is 1. The molecule has 6 rings (SSSR count). The van der Waals surface area contributed by atoms with Crippen LogP contribution < -0.4 is 0 Å². The van der Waals surface area contributed by atoms with E-state index in [9.17, 15) is 14.7 Å². The van der Waals surface area contributed by atoms with Crippen LogP contribution in [0.3, 0.4) is 0 Å². The van der Waals surface area contributed by atoms with Gasteiger partial charge in [0.05, 0.1) is 11.1 Å². The first-order valence-corrected chi connectivity index (χ1v) is 12.5. The molecule has 7 nitrogen and oxygen atoms in total. The number of carboxylic acids is 1. The number of rotatable bonds is 6. The Kier molecular flexibility index (Phi) is 5.76. The van der Waals surface area contributed by atoms with Crippen molar-refractivity contribution < 1.29 is 19.4 Å². The Morgan fingerprint density at radius 1 is 0.921 bits per heavy atom. The van der Waals surface area contributed by atoms with Gasteiger partial charge in [-0.25, -0.2) is 9.79 Å². The molecular formula is C31H25N3O4. The van der Waals surface area contributed by atoms with Gasteiger partial charge < -0.3 is 14.8 Å². The van der Waals surface area contributed by atoms with E-state index in [4.69, 9.17) is 4.74 Å². The minimum absolute atomic E-state index is 0.434. The van der Waals surface area contributed by atoms with Gasteiger partial charge in [0.15, 0.2) is 0 Å². The van der Waals surface area contributed by atoms with Gasteiger partial charge in [0.2, 0.25) is 0 Å². The van der Waals surface area contributed by atoms with Crippen molar-refractivity contribution in [2.75, 3.05) is 0 Å². The van der Waals surface area contributed by atoms with Crippen molar-refractivity contribution in [2.24, 2.45) is 9.98 Å². The monoisotopic (exact) mass is 503 g/mol. The molecule has 1 aliphatic heterocycles. The first-order valence-electron chi connectivity index (χ1n) is 12.5. The number of hydrogen-bond donors (Lipinski definition) is 2. The molecule has 1 fully saturated rings. The molecule has 1 atom stereocenters. The van der Waals surface area contributed by atoms with Crippen LogP contribution in [0.5, 0.6) is 0 Å². The first-order chi connectivity index (χ1) is 18.4. The fourth-order valence-electron chi connectivity index (χ4n) is 4.87. The number of carbonyl (C=O) groups is 2. The predicted molar refractivity (Wildman–Crippen MR) is 145 cm³/mol. The van der Waals surface area contributed by atoms with Gasteiger partial charge in [0, 0.05) is 17.3 Å². The topological polar surface area (TPSA) is 104 Å². The van der Waals surface area contributed by atoms with Crippen LogP contribution in [0.4, 0.5) is 10.6 Å². The van der Waals surface area contributed by atoms with Crippen LogP contribution in [0.15, 0.2) is 101 Å². The number of aliphatic carboxylic acids is 1. The van der Waals surface area contributed by atoms with Crippen LogP contribution in [-0.4, -0.2) is 33.6 Å². The minimum Gasteiger partial charge on any atom is -0.481 e. The first kappa shape index (κ1) is 23.6. The Bertz CT molecular complexity index is 1580. The largest absolute Gasteiger partial charge is 0.481 e. The Morgan fingerprint density at radius 2 is 1.55 bits per heavy atom. The molecular weight excluding hydrogens is 478 g/mol. The number of hydrogen-bond acceptors (Lipinski definition) is 4. The van der Waals surface area contributed by atoms with E-state index in [2.05, 4.69) is 15.0 Å². The smallest absolute Gasteiger partial charge is 0.434 e. The van der Waals surface area contributed by atoms with Gasteiger partial charge in [-0.2, -0.15) is 4.99 Å². The summed E-state index contributed by atoms with van der Waals surface area (Å²) in [4.78, 5) is 36.5. The number of nitrogens with one attached hydrogen (secondary N) is 1. The van der Waals surface area contributed by atoms with Gasteiger partial charge in [0.25, 0.3) is 0 Å². The van der Waals surface area contributed by atoms with E-state index < -0.39 is 23.6 Å². The number of carbonyl (C=O) groups excluding carboxylic acids is 1. The van der Waals surface area contributed by atoms with Crippen LogP contribution in [0.1, 0.15) is 48.1 Å². The molecule has 2 N–H and O–H groups in total. The summed E-state index contributed by atoms with van der Waals surface area (Å²) in [6, 6.07) is 27.0. The number of nitrogens with zero attached hydrogens (tertiary/aromatic N) is 2. The van der Waals surface area contributed by atoms with Crippen molar-refractivity contribution in [3.63, 3.8) is 0 Å². The highest BCUT2D eigenvalue weighted by Gasteiger charge is 2.51. The fraction of sp³-hybridized carbons (Fsp3) is 0.161. The quantitative estimate of drug-likeness (QED) is 0.309. The molecule has 7 heteroatoms. The summed E-state index contributed by atoms with van der Waals surface area (Å²) >= 11 is 0. The molecule has 38 heavy (non-hydrogen) atoms. The van der Waals surface area contributed by atoms with Gasteiger partial charge in [-0.3, -0.25) is 4.79 Å². The molecule has 2 heterocycles. The molecule has 3 aromatic carbocycles. The van der Waals surface area contributed by atoms with Gasteiger partial charge in [-0.15, -0.1) is 0 Å². The fourth-order valence-corrected chi connectivity index (χ4v) is 4.87. The van der Waals surface area contributed by atoms with Crippen molar-refractivity contribution in [2.45, 2.75) is 31.3 Å². The van der Waals surface area contributed by atoms with Crippen molar-refractivity contribution in [1.82, 2.24) is 4.98 Å². The number of fused-ring (bicyclic) bond motifs is 1. The number of aliphatic imine (C=N–C) groups is 2. The minimum atomic E-state index is -0.757. The number of benzene rings is 3. The molecule has 0 saturated heterocycles. The zero-order valence-electron chi connectivity index (χ0n) is 20.7. The number of aromatic amines is 1. The van der Waals surface area contributed by atoms with Crippen molar-refractivity contribution in [3.05, 3.63) is 113 Å². The molecule has 1 amide bonds. The highest BCUT2D eigenvalue weighted by Crippen LogP contribution is 2.48. The average molecular weight is 504 g/mol. The lowest BCUT2D eigenvalue weighted by Gasteiger charge is -2.12. The van der Waals surface area contributed by atoms with Crippen molar-refractivity contribution >= 4 is 29.3 Å². The molecule has 0 radical (unpaired) electrons. The SMILES string of the molecule is CC(OC(=O)N=C1C(c2ccc(-c3ccc(C4(C(=O)O)CC4)cc3)cc2)=Nc2[nH]ccc21)c1ccccc1. The zero-order chi connectivity index (χ0) is 26.3. The van der Waals surface area contributed by atoms with E-state index in [1.165, 1.54) is 0 Å². The summed E-state index contributed by atoms with van der Waals surface area (Å²) in [6.45, 7) is 1.82. The van der Waals surface area contributed by atoms with Crippen LogP contribution in [-0.2, 0) is 14.9 Å². The highest BCUT2D eigenvalue weighted by atomic mass is 16.6. The Labute approximate surface area is 219 Å². The van der Waals surface area contributed by atoms with E-state index in [1.807, 2.05) is 91.9 Å². The lowest BCUT2D eigenvalue weighted by atomic mass is 9.93. The zero-order valence-corrected chi connectivity index (χ0v) is 20.7. The maximum Gasteiger partial charge on any atom is 0.434 e. The van der Waals surface area contributed by atoms with Crippen LogP contribution in [0, 0.1) is 0 Å². The van der Waals surface area contributed by atoms with E-state index in [-0.39, 0.29) is 0 Å². The molecule has 4 aromatic rings. The summed E-state index contributed by atoms with van der Waals surface area (Å²) in [5, 5.41) is 9.55. The molecule has 1 saturated carbocycles. The normalized spacial score (nSPS) is 17.0. The van der Waals surface area contributed by atoms with E-state index in [0.29, 0.717) is 30.1 Å². The van der Waals surface area contributed by atoms with Crippen LogP contribution in [0.2, 0.25) is 0 Å². The molecule has 2 aliphatic rings. The summed E-state index contributed by atoms with van der Waals surface area (Å²) in [6.07, 6.45) is 2.02. The second-order valence-electron chi connectivity index (χ2n) is 9.64. The predicted octanol–water partition coefficient (Wildman–Crippen LogP) is 6.62.